The number of aromatic amines is 1. The summed E-state index contributed by atoms with van der Waals surface area (Å²) in [5, 5.41) is 0. The van der Waals surface area contributed by atoms with E-state index < -0.39 is 5.60 Å². The van der Waals surface area contributed by atoms with E-state index in [0.717, 1.165) is 30.1 Å². The predicted octanol–water partition coefficient (Wildman–Crippen LogP) is 2.86. The molecule has 2 atom stereocenters. The molecule has 3 heterocycles. The standard InChI is InChI=1S/C22H31N5O3/c1-15-16(9-10-27(15)21(29)30-22(2,3)4)19(28)25-11-13-26(14-12-25)20-23-17-7-5-6-8-18(17)24-20/h5-8,15-16H,9-14H2,1-4H3,(H,23,24). The van der Waals surface area contributed by atoms with Gasteiger partial charge in [0.05, 0.1) is 17.0 Å². The summed E-state index contributed by atoms with van der Waals surface area (Å²) in [6.07, 6.45) is 0.350. The van der Waals surface area contributed by atoms with Crippen LogP contribution in [0, 0.1) is 5.92 Å². The second-order valence-electron chi connectivity index (χ2n) is 9.20. The highest BCUT2D eigenvalue weighted by molar-refractivity contribution is 5.82. The monoisotopic (exact) mass is 413 g/mol. The van der Waals surface area contributed by atoms with Crippen LogP contribution >= 0.6 is 0 Å². The van der Waals surface area contributed by atoms with Crippen LogP contribution in [0.3, 0.4) is 0 Å². The molecule has 30 heavy (non-hydrogen) atoms. The van der Waals surface area contributed by atoms with Crippen molar-refractivity contribution in [3.63, 3.8) is 0 Å². The van der Waals surface area contributed by atoms with E-state index in [9.17, 15) is 9.59 Å². The molecule has 8 nitrogen and oxygen atoms in total. The largest absolute Gasteiger partial charge is 0.444 e. The lowest BCUT2D eigenvalue weighted by Gasteiger charge is -2.36. The maximum Gasteiger partial charge on any atom is 0.410 e. The van der Waals surface area contributed by atoms with Crippen LogP contribution in [0.1, 0.15) is 34.1 Å². The lowest BCUT2D eigenvalue weighted by molar-refractivity contribution is -0.136. The number of nitrogens with zero attached hydrogens (tertiary/aromatic N) is 4. The third-order valence-corrected chi connectivity index (χ3v) is 5.97. The summed E-state index contributed by atoms with van der Waals surface area (Å²) >= 11 is 0. The van der Waals surface area contributed by atoms with Gasteiger partial charge < -0.3 is 24.4 Å². The van der Waals surface area contributed by atoms with Crippen molar-refractivity contribution in [2.24, 2.45) is 5.92 Å². The molecule has 0 spiro atoms. The van der Waals surface area contributed by atoms with Gasteiger partial charge in [0.1, 0.15) is 5.60 Å². The Balaban J connectivity index is 1.34. The maximum absolute atomic E-state index is 13.2. The van der Waals surface area contributed by atoms with E-state index in [0.29, 0.717) is 26.1 Å². The van der Waals surface area contributed by atoms with Gasteiger partial charge in [-0.25, -0.2) is 9.78 Å². The van der Waals surface area contributed by atoms with E-state index in [1.807, 2.05) is 56.9 Å². The summed E-state index contributed by atoms with van der Waals surface area (Å²) in [6.45, 7) is 10.9. The summed E-state index contributed by atoms with van der Waals surface area (Å²) in [6, 6.07) is 7.83. The van der Waals surface area contributed by atoms with Gasteiger partial charge in [0.15, 0.2) is 0 Å². The van der Waals surface area contributed by atoms with Gasteiger partial charge in [-0.15, -0.1) is 0 Å². The summed E-state index contributed by atoms with van der Waals surface area (Å²) in [4.78, 5) is 39.4. The van der Waals surface area contributed by atoms with Gasteiger partial charge in [0.25, 0.3) is 0 Å². The zero-order chi connectivity index (χ0) is 21.5. The molecular formula is C22H31N5O3. The molecule has 2 aliphatic rings. The van der Waals surface area contributed by atoms with Crippen LogP contribution in [0.15, 0.2) is 24.3 Å². The molecule has 2 saturated heterocycles. The van der Waals surface area contributed by atoms with Crippen molar-refractivity contribution in [2.45, 2.75) is 45.8 Å². The minimum Gasteiger partial charge on any atom is -0.444 e. The van der Waals surface area contributed by atoms with E-state index in [-0.39, 0.29) is 24.0 Å². The number of hydrogen-bond donors (Lipinski definition) is 1. The van der Waals surface area contributed by atoms with Gasteiger partial charge >= 0.3 is 6.09 Å². The van der Waals surface area contributed by atoms with E-state index in [4.69, 9.17) is 4.74 Å². The molecule has 2 amide bonds. The Morgan fingerprint density at radius 3 is 2.47 bits per heavy atom. The van der Waals surface area contributed by atoms with Crippen LogP contribution in [0.5, 0.6) is 0 Å². The first kappa shape index (κ1) is 20.5. The van der Waals surface area contributed by atoms with Gasteiger partial charge in [0.2, 0.25) is 11.9 Å². The maximum atomic E-state index is 13.2. The first-order chi connectivity index (χ1) is 14.2. The van der Waals surface area contributed by atoms with Crippen molar-refractivity contribution in [3.8, 4) is 0 Å². The Morgan fingerprint density at radius 2 is 1.80 bits per heavy atom. The van der Waals surface area contributed by atoms with Gasteiger partial charge in [0, 0.05) is 38.8 Å². The lowest BCUT2D eigenvalue weighted by Crippen LogP contribution is -2.52. The molecule has 1 N–H and O–H groups in total. The number of likely N-dealkylation sites (tertiary alicyclic amines) is 1. The van der Waals surface area contributed by atoms with Crippen molar-refractivity contribution in [3.05, 3.63) is 24.3 Å². The fourth-order valence-corrected chi connectivity index (χ4v) is 4.31. The average Bonchev–Trinajstić information content (AvgIpc) is 3.30. The van der Waals surface area contributed by atoms with Gasteiger partial charge in [-0.05, 0) is 46.2 Å². The molecule has 2 fully saturated rings. The number of amides is 2. The molecule has 0 bridgehead atoms. The number of imidazole rings is 1. The third-order valence-electron chi connectivity index (χ3n) is 5.97. The highest BCUT2D eigenvalue weighted by atomic mass is 16.6. The molecule has 1 aromatic heterocycles. The number of aromatic nitrogens is 2. The number of para-hydroxylation sites is 2. The van der Waals surface area contributed by atoms with E-state index in [1.54, 1.807) is 4.90 Å². The number of carbonyl (C=O) groups excluding carboxylic acids is 2. The summed E-state index contributed by atoms with van der Waals surface area (Å²) in [5.74, 6) is 0.821. The van der Waals surface area contributed by atoms with Crippen molar-refractivity contribution in [1.29, 1.82) is 0 Å². The van der Waals surface area contributed by atoms with Crippen LogP contribution in [-0.2, 0) is 9.53 Å². The Bertz CT molecular complexity index is 893. The molecule has 1 aromatic carbocycles. The Kier molecular flexibility index (Phi) is 5.34. The number of H-pyrrole nitrogens is 1. The van der Waals surface area contributed by atoms with Crippen molar-refractivity contribution < 1.29 is 14.3 Å². The molecule has 0 radical (unpaired) electrons. The number of benzene rings is 1. The highest BCUT2D eigenvalue weighted by Crippen LogP contribution is 2.28. The summed E-state index contributed by atoms with van der Waals surface area (Å²) in [5.41, 5.74) is 1.44. The molecule has 0 saturated carbocycles. The Labute approximate surface area is 177 Å². The molecule has 4 rings (SSSR count). The zero-order valence-corrected chi connectivity index (χ0v) is 18.2. The van der Waals surface area contributed by atoms with Crippen molar-refractivity contribution in [2.75, 3.05) is 37.6 Å². The van der Waals surface area contributed by atoms with E-state index in [2.05, 4.69) is 14.9 Å². The summed E-state index contributed by atoms with van der Waals surface area (Å²) < 4.78 is 5.50. The van der Waals surface area contributed by atoms with E-state index >= 15 is 0 Å². The van der Waals surface area contributed by atoms with Crippen molar-refractivity contribution in [1.82, 2.24) is 19.8 Å². The lowest BCUT2D eigenvalue weighted by atomic mass is 9.99. The molecular weight excluding hydrogens is 382 g/mol. The smallest absolute Gasteiger partial charge is 0.410 e. The minimum absolute atomic E-state index is 0.137. The Morgan fingerprint density at radius 1 is 1.10 bits per heavy atom. The number of nitrogens with one attached hydrogen (secondary N) is 1. The average molecular weight is 414 g/mol. The molecule has 0 aliphatic carbocycles. The summed E-state index contributed by atoms with van der Waals surface area (Å²) in [7, 11) is 0. The fourth-order valence-electron chi connectivity index (χ4n) is 4.31. The Hall–Kier alpha value is -2.77. The van der Waals surface area contributed by atoms with Crippen LogP contribution in [0.4, 0.5) is 10.7 Å². The topological polar surface area (TPSA) is 81.8 Å². The first-order valence-corrected chi connectivity index (χ1v) is 10.7. The quantitative estimate of drug-likeness (QED) is 0.819. The number of piperazine rings is 1. The number of rotatable bonds is 2. The van der Waals surface area contributed by atoms with Gasteiger partial charge in [-0.3, -0.25) is 4.79 Å². The number of ether oxygens (including phenoxy) is 1. The van der Waals surface area contributed by atoms with Crippen molar-refractivity contribution >= 4 is 29.0 Å². The normalized spacial score (nSPS) is 22.6. The second-order valence-corrected chi connectivity index (χ2v) is 9.20. The molecule has 2 aliphatic heterocycles. The second kappa shape index (κ2) is 7.81. The van der Waals surface area contributed by atoms with E-state index in [1.165, 1.54) is 0 Å². The van der Waals surface area contributed by atoms with Crippen LogP contribution in [-0.4, -0.2) is 76.1 Å². The SMILES string of the molecule is CC1C(C(=O)N2CCN(c3nc4ccccc4[nH]3)CC2)CCN1C(=O)OC(C)(C)C. The molecule has 162 valence electrons. The number of hydrogen-bond acceptors (Lipinski definition) is 5. The fraction of sp³-hybridized carbons (Fsp3) is 0.591. The van der Waals surface area contributed by atoms with Crippen LogP contribution in [0.2, 0.25) is 0 Å². The zero-order valence-electron chi connectivity index (χ0n) is 18.2. The first-order valence-electron chi connectivity index (χ1n) is 10.7. The number of carbonyl (C=O) groups is 2. The molecule has 2 aromatic rings. The third kappa shape index (κ3) is 4.08. The van der Waals surface area contributed by atoms with Crippen LogP contribution in [0.25, 0.3) is 11.0 Å². The molecule has 8 heteroatoms. The minimum atomic E-state index is -0.536. The van der Waals surface area contributed by atoms with Gasteiger partial charge in [-0.1, -0.05) is 12.1 Å². The predicted molar refractivity (Wildman–Crippen MR) is 115 cm³/mol. The highest BCUT2D eigenvalue weighted by Gasteiger charge is 2.41. The molecule has 2 unspecified atom stereocenters. The van der Waals surface area contributed by atoms with Crippen LogP contribution < -0.4 is 4.90 Å². The number of fused-ring (bicyclic) bond motifs is 1. The van der Waals surface area contributed by atoms with Gasteiger partial charge in [-0.2, -0.15) is 0 Å². The number of anilines is 1.